The monoisotopic (exact) mass is 449 g/mol. The van der Waals surface area contributed by atoms with Gasteiger partial charge in [0.05, 0.1) is 6.54 Å². The van der Waals surface area contributed by atoms with Crippen LogP contribution in [0.3, 0.4) is 0 Å². The Morgan fingerprint density at radius 2 is 1.61 bits per heavy atom. The Morgan fingerprint density at radius 1 is 1.00 bits per heavy atom. The lowest BCUT2D eigenvalue weighted by molar-refractivity contribution is 0.0966. The van der Waals surface area contributed by atoms with Gasteiger partial charge in [0.1, 0.15) is 5.75 Å². The van der Waals surface area contributed by atoms with E-state index in [0.29, 0.717) is 11.3 Å². The van der Waals surface area contributed by atoms with Gasteiger partial charge < -0.3 is 14.9 Å². The molecule has 5 nitrogen and oxygen atoms in total. The van der Waals surface area contributed by atoms with E-state index in [-0.39, 0.29) is 23.2 Å². The molecule has 1 aliphatic heterocycles. The number of benzene rings is 2. The van der Waals surface area contributed by atoms with Crippen LogP contribution in [0.4, 0.5) is 0 Å². The zero-order valence-electron chi connectivity index (χ0n) is 21.3. The van der Waals surface area contributed by atoms with E-state index in [4.69, 9.17) is 0 Å². The molecule has 0 spiro atoms. The van der Waals surface area contributed by atoms with Gasteiger partial charge in [-0.3, -0.25) is 9.79 Å². The molecule has 1 N–H and O–H groups in total. The van der Waals surface area contributed by atoms with Crippen LogP contribution in [0.15, 0.2) is 47.5 Å². The SMILES string of the molecule is CCC(C)(C)c1cc(C(=O)CN2CCN(Cc3ccccc3)/C2=N/C)cc(C(C)(C)C)c1O. The average molecular weight is 450 g/mol. The molecule has 0 amide bonds. The smallest absolute Gasteiger partial charge is 0.197 e. The quantitative estimate of drug-likeness (QED) is 0.578. The summed E-state index contributed by atoms with van der Waals surface area (Å²) in [5, 5.41) is 11.1. The number of carbonyl (C=O) groups is 1. The molecule has 0 radical (unpaired) electrons. The number of phenols is 1. The highest BCUT2D eigenvalue weighted by Gasteiger charge is 2.31. The van der Waals surface area contributed by atoms with Gasteiger partial charge in [-0.2, -0.15) is 0 Å². The van der Waals surface area contributed by atoms with Crippen LogP contribution in [0.2, 0.25) is 0 Å². The number of hydrogen-bond acceptors (Lipinski definition) is 3. The first-order valence-corrected chi connectivity index (χ1v) is 11.9. The van der Waals surface area contributed by atoms with Crippen molar-refractivity contribution >= 4 is 11.7 Å². The van der Waals surface area contributed by atoms with Crippen LogP contribution >= 0.6 is 0 Å². The number of nitrogens with zero attached hydrogens (tertiary/aromatic N) is 3. The normalized spacial score (nSPS) is 16.0. The minimum Gasteiger partial charge on any atom is -0.507 e. The highest BCUT2D eigenvalue weighted by molar-refractivity contribution is 6.00. The third-order valence-electron chi connectivity index (χ3n) is 6.81. The molecule has 3 rings (SSSR count). The zero-order valence-corrected chi connectivity index (χ0v) is 21.3. The third kappa shape index (κ3) is 5.40. The molecule has 0 atom stereocenters. The van der Waals surface area contributed by atoms with Gasteiger partial charge in [0.25, 0.3) is 0 Å². The summed E-state index contributed by atoms with van der Waals surface area (Å²) in [6.45, 7) is 15.2. The average Bonchev–Trinajstić information content (AvgIpc) is 3.14. The Morgan fingerprint density at radius 3 is 2.18 bits per heavy atom. The number of ketones is 1. The second-order valence-electron chi connectivity index (χ2n) is 10.7. The van der Waals surface area contributed by atoms with E-state index in [9.17, 15) is 9.90 Å². The van der Waals surface area contributed by atoms with E-state index in [1.165, 1.54) is 5.56 Å². The number of guanidine groups is 1. The van der Waals surface area contributed by atoms with Crippen molar-refractivity contribution < 1.29 is 9.90 Å². The van der Waals surface area contributed by atoms with Crippen LogP contribution in [-0.2, 0) is 17.4 Å². The number of phenolic OH excluding ortho intramolecular Hbond substituents is 1. The maximum absolute atomic E-state index is 13.5. The molecule has 0 bridgehead atoms. The van der Waals surface area contributed by atoms with Crippen molar-refractivity contribution in [3.05, 3.63) is 64.7 Å². The Bertz CT molecular complexity index is 1020. The molecule has 1 aliphatic rings. The molecule has 178 valence electrons. The van der Waals surface area contributed by atoms with Gasteiger partial charge >= 0.3 is 0 Å². The summed E-state index contributed by atoms with van der Waals surface area (Å²) in [5.74, 6) is 1.23. The molecular formula is C28H39N3O2. The first-order valence-electron chi connectivity index (χ1n) is 11.9. The van der Waals surface area contributed by atoms with Crippen LogP contribution in [0.1, 0.15) is 75.0 Å². The van der Waals surface area contributed by atoms with Crippen molar-refractivity contribution in [1.82, 2.24) is 9.80 Å². The summed E-state index contributed by atoms with van der Waals surface area (Å²) in [6.07, 6.45) is 0.870. The van der Waals surface area contributed by atoms with Crippen molar-refractivity contribution in [2.45, 2.75) is 65.3 Å². The number of Topliss-reactive ketones (excluding diaryl/α,β-unsaturated/α-hetero) is 1. The zero-order chi connectivity index (χ0) is 24.4. The summed E-state index contributed by atoms with van der Waals surface area (Å²) < 4.78 is 0. The summed E-state index contributed by atoms with van der Waals surface area (Å²) in [5.41, 5.74) is 3.06. The number of carbonyl (C=O) groups excluding carboxylic acids is 1. The molecule has 2 aromatic rings. The van der Waals surface area contributed by atoms with Gasteiger partial charge in [-0.05, 0) is 34.9 Å². The van der Waals surface area contributed by atoms with Crippen LogP contribution in [0, 0.1) is 0 Å². The standard InChI is InChI=1S/C28H39N3O2/c1-8-28(5,6)23-17-21(16-22(25(23)33)27(2,3)4)24(32)19-31-15-14-30(26(31)29-7)18-20-12-10-9-11-13-20/h9-13,16-17,33H,8,14-15,18-19H2,1-7H3/b29-26-. The van der Waals surface area contributed by atoms with Gasteiger partial charge in [0.15, 0.2) is 11.7 Å². The van der Waals surface area contributed by atoms with Crippen LogP contribution in [0.25, 0.3) is 0 Å². The Balaban J connectivity index is 1.87. The van der Waals surface area contributed by atoms with Crippen molar-refractivity contribution in [1.29, 1.82) is 0 Å². The first-order chi connectivity index (χ1) is 15.5. The van der Waals surface area contributed by atoms with Crippen LogP contribution in [-0.4, -0.2) is 53.3 Å². The molecule has 5 heteroatoms. The summed E-state index contributed by atoms with van der Waals surface area (Å²) in [6, 6.07) is 14.1. The fourth-order valence-corrected chi connectivity index (χ4v) is 4.37. The number of aromatic hydroxyl groups is 1. The molecule has 1 saturated heterocycles. The summed E-state index contributed by atoms with van der Waals surface area (Å²) in [7, 11) is 1.79. The van der Waals surface area contributed by atoms with E-state index in [0.717, 1.165) is 43.1 Å². The largest absolute Gasteiger partial charge is 0.507 e. The minimum absolute atomic E-state index is 0.0522. The van der Waals surface area contributed by atoms with Gasteiger partial charge in [-0.15, -0.1) is 0 Å². The third-order valence-corrected chi connectivity index (χ3v) is 6.81. The second-order valence-corrected chi connectivity index (χ2v) is 10.7. The molecule has 33 heavy (non-hydrogen) atoms. The molecule has 2 aromatic carbocycles. The molecule has 1 fully saturated rings. The Kier molecular flexibility index (Phi) is 7.20. The van der Waals surface area contributed by atoms with Crippen molar-refractivity contribution in [2.24, 2.45) is 4.99 Å². The van der Waals surface area contributed by atoms with Crippen molar-refractivity contribution in [3.8, 4) is 5.75 Å². The predicted octanol–water partition coefficient (Wildman–Crippen LogP) is 5.36. The predicted molar refractivity (Wildman–Crippen MR) is 136 cm³/mol. The Labute approximate surface area is 199 Å². The number of hydrogen-bond donors (Lipinski definition) is 1. The number of rotatable bonds is 7. The molecule has 0 aliphatic carbocycles. The lowest BCUT2D eigenvalue weighted by Crippen LogP contribution is -2.36. The van der Waals surface area contributed by atoms with Gasteiger partial charge in [-0.25, -0.2) is 0 Å². The van der Waals surface area contributed by atoms with Crippen molar-refractivity contribution in [2.75, 3.05) is 26.7 Å². The Hall–Kier alpha value is -2.82. The van der Waals surface area contributed by atoms with E-state index in [1.54, 1.807) is 7.05 Å². The van der Waals surface area contributed by atoms with Crippen molar-refractivity contribution in [3.63, 3.8) is 0 Å². The maximum atomic E-state index is 13.5. The first kappa shape index (κ1) is 24.8. The lowest BCUT2D eigenvalue weighted by atomic mass is 9.76. The highest BCUT2D eigenvalue weighted by Crippen LogP contribution is 2.41. The summed E-state index contributed by atoms with van der Waals surface area (Å²) in [4.78, 5) is 22.3. The minimum atomic E-state index is -0.269. The van der Waals surface area contributed by atoms with E-state index >= 15 is 0 Å². The van der Waals surface area contributed by atoms with Gasteiger partial charge in [0.2, 0.25) is 0 Å². The second kappa shape index (κ2) is 9.58. The maximum Gasteiger partial charge on any atom is 0.197 e. The molecule has 1 heterocycles. The molecule has 0 aromatic heterocycles. The fourth-order valence-electron chi connectivity index (χ4n) is 4.37. The fraction of sp³-hybridized carbons (Fsp3) is 0.500. The topological polar surface area (TPSA) is 56.1 Å². The summed E-state index contributed by atoms with van der Waals surface area (Å²) >= 11 is 0. The molecule has 0 unspecified atom stereocenters. The number of aliphatic imine (C=N–C) groups is 1. The van der Waals surface area contributed by atoms with E-state index in [2.05, 4.69) is 68.5 Å². The highest BCUT2D eigenvalue weighted by atomic mass is 16.3. The van der Waals surface area contributed by atoms with Crippen LogP contribution < -0.4 is 0 Å². The van der Waals surface area contributed by atoms with Crippen LogP contribution in [0.5, 0.6) is 5.75 Å². The lowest BCUT2D eigenvalue weighted by Gasteiger charge is -2.30. The van der Waals surface area contributed by atoms with Gasteiger partial charge in [0, 0.05) is 43.4 Å². The molecular weight excluding hydrogens is 410 g/mol. The van der Waals surface area contributed by atoms with E-state index in [1.807, 2.05) is 30.3 Å². The van der Waals surface area contributed by atoms with E-state index < -0.39 is 0 Å². The molecule has 0 saturated carbocycles. The van der Waals surface area contributed by atoms with Gasteiger partial charge in [-0.1, -0.05) is 71.9 Å².